The van der Waals surface area contributed by atoms with Gasteiger partial charge in [0.25, 0.3) is 0 Å². The average Bonchev–Trinajstić information content (AvgIpc) is 2.40. The Balaban J connectivity index is 0.00000120. The Hall–Kier alpha value is -1.73. The summed E-state index contributed by atoms with van der Waals surface area (Å²) in [6, 6.07) is 18.4. The molecule has 0 fully saturated rings. The number of benzene rings is 2. The summed E-state index contributed by atoms with van der Waals surface area (Å²) < 4.78 is 5.73. The molecule has 0 amide bonds. The molecule has 0 aliphatic rings. The van der Waals surface area contributed by atoms with Crippen molar-refractivity contribution in [2.45, 2.75) is 0 Å². The topological polar surface area (TPSA) is 30.2 Å². The molecule has 3 aromatic rings. The molecule has 1 heterocycles. The van der Waals surface area contributed by atoms with Crippen LogP contribution in [0.25, 0.3) is 22.3 Å². The van der Waals surface area contributed by atoms with Crippen LogP contribution in [0, 0.1) is 0 Å². The Morgan fingerprint density at radius 3 is 2.28 bits per heavy atom. The van der Waals surface area contributed by atoms with Gasteiger partial charge in [0, 0.05) is 31.1 Å². The molecule has 0 aliphatic heterocycles. The van der Waals surface area contributed by atoms with Crippen molar-refractivity contribution in [3.8, 4) is 11.3 Å². The summed E-state index contributed by atoms with van der Waals surface area (Å²) in [6.45, 7) is 0. The molecular formula is C15H10O2Zn. The molecule has 3 rings (SSSR count). The second-order valence-electron chi connectivity index (χ2n) is 3.84. The Morgan fingerprint density at radius 2 is 1.50 bits per heavy atom. The van der Waals surface area contributed by atoms with Crippen LogP contribution in [0.3, 0.4) is 0 Å². The van der Waals surface area contributed by atoms with Gasteiger partial charge in [0.05, 0.1) is 5.39 Å². The van der Waals surface area contributed by atoms with Crippen molar-refractivity contribution in [1.29, 1.82) is 0 Å². The normalized spacial score (nSPS) is 10.0. The minimum absolute atomic E-state index is 0. The molecule has 2 nitrogen and oxygen atoms in total. The summed E-state index contributed by atoms with van der Waals surface area (Å²) in [5.74, 6) is 0.606. The fourth-order valence-corrected chi connectivity index (χ4v) is 1.85. The molecule has 2 aromatic carbocycles. The first-order valence-corrected chi connectivity index (χ1v) is 5.43. The standard InChI is InChI=1S/C15H10O2.Zn/c16-13-10-15(11-6-2-1-3-7-11)17-14-9-5-4-8-12(13)14;/h1-10H;. The summed E-state index contributed by atoms with van der Waals surface area (Å²) in [5.41, 5.74) is 1.53. The SMILES string of the molecule is O=c1cc(-c2ccccc2)oc2ccccc12.[Zn]. The van der Waals surface area contributed by atoms with Gasteiger partial charge in [-0.05, 0) is 12.1 Å². The van der Waals surface area contributed by atoms with E-state index >= 15 is 0 Å². The molecule has 18 heavy (non-hydrogen) atoms. The summed E-state index contributed by atoms with van der Waals surface area (Å²) in [7, 11) is 0. The molecule has 0 aliphatic carbocycles. The van der Waals surface area contributed by atoms with Gasteiger partial charge < -0.3 is 4.42 Å². The third-order valence-corrected chi connectivity index (χ3v) is 2.69. The minimum Gasteiger partial charge on any atom is -0.456 e. The van der Waals surface area contributed by atoms with Crippen molar-refractivity contribution >= 4 is 11.0 Å². The van der Waals surface area contributed by atoms with E-state index in [9.17, 15) is 4.79 Å². The number of hydrogen-bond acceptors (Lipinski definition) is 2. The second kappa shape index (κ2) is 5.28. The predicted octanol–water partition coefficient (Wildman–Crippen LogP) is 3.46. The first-order valence-electron chi connectivity index (χ1n) is 5.43. The predicted molar refractivity (Wildman–Crippen MR) is 67.9 cm³/mol. The number of fused-ring (bicyclic) bond motifs is 1. The molecule has 1 aromatic heterocycles. The Kier molecular flexibility index (Phi) is 3.73. The van der Waals surface area contributed by atoms with Gasteiger partial charge in [-0.3, -0.25) is 4.79 Å². The first-order chi connectivity index (χ1) is 8.34. The molecule has 0 N–H and O–H groups in total. The fourth-order valence-electron chi connectivity index (χ4n) is 1.85. The van der Waals surface area contributed by atoms with Gasteiger partial charge in [-0.15, -0.1) is 0 Å². The van der Waals surface area contributed by atoms with Crippen molar-refractivity contribution in [1.82, 2.24) is 0 Å². The van der Waals surface area contributed by atoms with E-state index in [-0.39, 0.29) is 24.9 Å². The van der Waals surface area contributed by atoms with Crippen molar-refractivity contribution < 1.29 is 23.9 Å². The van der Waals surface area contributed by atoms with Crippen LogP contribution in [0.2, 0.25) is 0 Å². The zero-order chi connectivity index (χ0) is 11.7. The van der Waals surface area contributed by atoms with E-state index in [0.29, 0.717) is 16.7 Å². The van der Waals surface area contributed by atoms with Gasteiger partial charge in [0.15, 0.2) is 5.43 Å². The van der Waals surface area contributed by atoms with Crippen molar-refractivity contribution in [3.63, 3.8) is 0 Å². The van der Waals surface area contributed by atoms with E-state index in [1.165, 1.54) is 6.07 Å². The first kappa shape index (κ1) is 12.7. The fraction of sp³-hybridized carbons (Fsp3) is 0. The third-order valence-electron chi connectivity index (χ3n) is 2.69. The van der Waals surface area contributed by atoms with Crippen LogP contribution in [-0.4, -0.2) is 0 Å². The van der Waals surface area contributed by atoms with Gasteiger partial charge in [0.2, 0.25) is 0 Å². The molecule has 84 valence electrons. The van der Waals surface area contributed by atoms with Crippen molar-refractivity contribution in [2.75, 3.05) is 0 Å². The van der Waals surface area contributed by atoms with Crippen LogP contribution in [-0.2, 0) is 19.5 Å². The molecule has 0 saturated heterocycles. The van der Waals surface area contributed by atoms with E-state index in [1.54, 1.807) is 6.07 Å². The summed E-state index contributed by atoms with van der Waals surface area (Å²) in [5, 5.41) is 0.618. The molecule has 0 atom stereocenters. The third kappa shape index (κ3) is 2.27. The van der Waals surface area contributed by atoms with Crippen LogP contribution in [0.1, 0.15) is 0 Å². The average molecular weight is 288 g/mol. The molecule has 0 saturated carbocycles. The van der Waals surface area contributed by atoms with Crippen LogP contribution in [0.4, 0.5) is 0 Å². The van der Waals surface area contributed by atoms with Crippen molar-refractivity contribution in [2.24, 2.45) is 0 Å². The quantitative estimate of drug-likeness (QED) is 0.642. The number of rotatable bonds is 1. The van der Waals surface area contributed by atoms with Gasteiger partial charge in [0.1, 0.15) is 11.3 Å². The van der Waals surface area contributed by atoms with Gasteiger partial charge in [-0.2, -0.15) is 0 Å². The van der Waals surface area contributed by atoms with Crippen molar-refractivity contribution in [3.05, 3.63) is 70.9 Å². The van der Waals surface area contributed by atoms with Crippen LogP contribution < -0.4 is 5.43 Å². The molecule has 0 spiro atoms. The van der Waals surface area contributed by atoms with E-state index in [0.717, 1.165) is 5.56 Å². The molecule has 0 unspecified atom stereocenters. The number of hydrogen-bond donors (Lipinski definition) is 0. The Morgan fingerprint density at radius 1 is 0.833 bits per heavy atom. The minimum atomic E-state index is -0.00861. The smallest absolute Gasteiger partial charge is 0.193 e. The van der Waals surface area contributed by atoms with Crippen LogP contribution in [0.5, 0.6) is 0 Å². The Labute approximate surface area is 117 Å². The van der Waals surface area contributed by atoms with E-state index in [1.807, 2.05) is 48.5 Å². The maximum atomic E-state index is 11.9. The molecular weight excluding hydrogens is 278 g/mol. The molecule has 0 bridgehead atoms. The second-order valence-corrected chi connectivity index (χ2v) is 3.84. The van der Waals surface area contributed by atoms with Crippen LogP contribution >= 0.6 is 0 Å². The van der Waals surface area contributed by atoms with Crippen LogP contribution in [0.15, 0.2) is 69.9 Å². The molecule has 0 radical (unpaired) electrons. The summed E-state index contributed by atoms with van der Waals surface area (Å²) in [4.78, 5) is 11.9. The Bertz CT molecular complexity index is 717. The monoisotopic (exact) mass is 286 g/mol. The summed E-state index contributed by atoms with van der Waals surface area (Å²) >= 11 is 0. The van der Waals surface area contributed by atoms with Gasteiger partial charge in [-0.1, -0.05) is 42.5 Å². The molecule has 3 heteroatoms. The van der Waals surface area contributed by atoms with Gasteiger partial charge >= 0.3 is 0 Å². The number of para-hydroxylation sites is 1. The van der Waals surface area contributed by atoms with Gasteiger partial charge in [-0.25, -0.2) is 0 Å². The maximum absolute atomic E-state index is 11.9. The zero-order valence-corrected chi connectivity index (χ0v) is 12.8. The van der Waals surface area contributed by atoms with E-state index < -0.39 is 0 Å². The van der Waals surface area contributed by atoms with E-state index in [4.69, 9.17) is 4.42 Å². The summed E-state index contributed by atoms with van der Waals surface area (Å²) in [6.07, 6.45) is 0. The maximum Gasteiger partial charge on any atom is 0.193 e. The largest absolute Gasteiger partial charge is 0.456 e. The zero-order valence-electron chi connectivity index (χ0n) is 9.80. The van der Waals surface area contributed by atoms with E-state index in [2.05, 4.69) is 0 Å².